The van der Waals surface area contributed by atoms with Gasteiger partial charge in [0.2, 0.25) is 35.3 Å². The molecule has 0 aliphatic carbocycles. The van der Waals surface area contributed by atoms with Crippen LogP contribution in [0.5, 0.6) is 46.0 Å². The number of fused-ring (bicyclic) bond motifs is 15. The largest absolute Gasteiger partial charge is 0.508 e. The molecule has 11 bridgehead atoms. The number of primary amides is 1. The number of rotatable bonds is 7. The Labute approximate surface area is 461 Å². The molecular formula is C55H55Cl2N5O15S. The molecule has 0 radical (unpaired) electrons. The van der Waals surface area contributed by atoms with Crippen LogP contribution in [0.15, 0.2) is 78.9 Å². The van der Waals surface area contributed by atoms with Crippen LogP contribution in [-0.2, 0) is 28.8 Å². The molecule has 0 unspecified atom stereocenters. The van der Waals surface area contributed by atoms with Crippen LogP contribution in [0.2, 0.25) is 10.0 Å². The van der Waals surface area contributed by atoms with Crippen LogP contribution in [0.3, 0.4) is 0 Å². The standard InChI is InChI=1S/C55H55Cl2N5O15S/c1-22(2)10-23(3)52(72)61-47-38(67)14-28(17-44(58)68)53(73)60-46-27-15-41(76-39-8-5-25(49(47)69)12-33(39)56)51(71)42(16-27)77-40-9-6-26(13-34(40)57)50(70)48-55(75)59-35(21-63)31-18-29(64)19-37(66)45(31)32-11-24(4-7-36(32)65)30(20-43(46)78)54(74)62-48/h4-9,11-13,15-16,18-19,22-23,28,30,35,46-50,63-66,69-71H,10,14,17,20-21H2,1-3H3,(H2,58,68)(H,59,75)(H,60,73)(H,61,72)(H,62,74)/t23-,28+,30+,35-,46-,47+,48+,49-,50-/m1/s1. The second-order valence-electron chi connectivity index (χ2n) is 20.0. The highest BCUT2D eigenvalue weighted by Gasteiger charge is 2.40. The number of ether oxygens (including phenoxy) is 2. The number of aliphatic hydroxyl groups excluding tert-OH is 3. The smallest absolute Gasteiger partial charge is 0.246 e. The number of thiocarbonyl (C=S) groups is 1. The average molecular weight is 1130 g/mol. The van der Waals surface area contributed by atoms with Gasteiger partial charge in [-0.25, -0.2) is 0 Å². The quantitative estimate of drug-likeness (QED) is 0.0816. The Balaban J connectivity index is 1.36. The summed E-state index contributed by atoms with van der Waals surface area (Å²) in [6.07, 6.45) is -5.37. The first kappa shape index (κ1) is 56.7. The maximum atomic E-state index is 15.1. The molecule has 9 atom stereocenters. The third-order valence-corrected chi connectivity index (χ3v) is 14.8. The zero-order valence-corrected chi connectivity index (χ0v) is 44.3. The summed E-state index contributed by atoms with van der Waals surface area (Å²) in [5.74, 6) is -12.5. The number of hydrogen-bond donors (Lipinski definition) is 12. The van der Waals surface area contributed by atoms with Gasteiger partial charge in [0.15, 0.2) is 17.3 Å². The fraction of sp³-hybridized carbons (Fsp3) is 0.327. The molecule has 0 saturated carbocycles. The van der Waals surface area contributed by atoms with Gasteiger partial charge in [0, 0.05) is 40.8 Å². The van der Waals surface area contributed by atoms with Crippen molar-refractivity contribution in [1.82, 2.24) is 21.3 Å². The minimum Gasteiger partial charge on any atom is -0.508 e. The molecular weight excluding hydrogens is 1070 g/mol. The van der Waals surface area contributed by atoms with Gasteiger partial charge in [-0.3, -0.25) is 28.8 Å². The van der Waals surface area contributed by atoms with Gasteiger partial charge in [-0.15, -0.1) is 0 Å². The molecule has 20 nitrogen and oxygen atoms in total. The SMILES string of the molecule is CC(C)C[C@@H](C)C(=O)N[C@H]1C(=O)C[C@@H](CC(N)=O)C(=O)N[C@H]2C(=S)C[C@@H]3C(=O)N[C@H](C(=O)N[C@H](CO)c4cc(O)cc(O)c4-c4cc3ccc4O)[C@H](O)c3ccc(c(Cl)c3)Oc3cc2cc(c3O)Oc2ccc(cc2Cl)[C@H]1O. The summed E-state index contributed by atoms with van der Waals surface area (Å²) >= 11 is 19.8. The molecule has 0 aromatic heterocycles. The number of aromatic hydroxyl groups is 4. The Morgan fingerprint density at radius 1 is 0.731 bits per heavy atom. The number of carbonyl (C=O) groups excluding carboxylic acids is 6. The molecule has 78 heavy (non-hydrogen) atoms. The number of halogens is 2. The van der Waals surface area contributed by atoms with Gasteiger partial charge in [0.25, 0.3) is 0 Å². The number of carbonyl (C=O) groups is 6. The first-order valence-electron chi connectivity index (χ1n) is 24.7. The van der Waals surface area contributed by atoms with E-state index in [1.54, 1.807) is 6.92 Å². The van der Waals surface area contributed by atoms with Crippen molar-refractivity contribution in [3.05, 3.63) is 117 Å². The second-order valence-corrected chi connectivity index (χ2v) is 21.3. The van der Waals surface area contributed by atoms with Crippen molar-refractivity contribution in [2.75, 3.05) is 6.61 Å². The van der Waals surface area contributed by atoms with E-state index in [1.165, 1.54) is 66.7 Å². The van der Waals surface area contributed by atoms with Crippen LogP contribution in [0.25, 0.3) is 11.1 Å². The number of phenols is 4. The van der Waals surface area contributed by atoms with E-state index in [0.717, 1.165) is 12.1 Å². The van der Waals surface area contributed by atoms with Crippen LogP contribution in [-0.4, -0.2) is 94.6 Å². The Kier molecular flexibility index (Phi) is 16.9. The van der Waals surface area contributed by atoms with E-state index in [0.29, 0.717) is 6.42 Å². The van der Waals surface area contributed by atoms with Gasteiger partial charge < -0.3 is 72.2 Å². The molecule has 23 heteroatoms. The summed E-state index contributed by atoms with van der Waals surface area (Å²) in [5, 5.41) is 90.4. The van der Waals surface area contributed by atoms with Crippen molar-refractivity contribution in [3.8, 4) is 57.1 Å². The van der Waals surface area contributed by atoms with Crippen LogP contribution in [0.1, 0.15) is 104 Å². The van der Waals surface area contributed by atoms with E-state index >= 15 is 4.79 Å². The second kappa shape index (κ2) is 23.2. The number of nitrogens with one attached hydrogen (secondary N) is 4. The predicted molar refractivity (Wildman–Crippen MR) is 286 cm³/mol. The first-order chi connectivity index (χ1) is 36.9. The summed E-state index contributed by atoms with van der Waals surface area (Å²) in [5.41, 5.74) is 5.35. The summed E-state index contributed by atoms with van der Waals surface area (Å²) in [6.45, 7) is 4.59. The summed E-state index contributed by atoms with van der Waals surface area (Å²) in [6, 6.07) is 9.61. The summed E-state index contributed by atoms with van der Waals surface area (Å²) in [7, 11) is 0. The number of amides is 5. The predicted octanol–water partition coefficient (Wildman–Crippen LogP) is 6.13. The van der Waals surface area contributed by atoms with Gasteiger partial charge in [-0.05, 0) is 101 Å². The Hall–Kier alpha value is -7.53. The Bertz CT molecular complexity index is 3270. The topological polar surface area (TPSA) is 337 Å². The van der Waals surface area contributed by atoms with Gasteiger partial charge in [0.05, 0.1) is 40.6 Å². The molecule has 5 heterocycles. The number of nitrogens with two attached hydrogens (primary N) is 1. The maximum absolute atomic E-state index is 15.1. The van der Waals surface area contributed by atoms with Crippen LogP contribution >= 0.6 is 35.4 Å². The number of phenolic OH excluding ortho intramolecular Hbond substituents is 4. The lowest BCUT2D eigenvalue weighted by atomic mass is 9.85. The number of hydrogen-bond acceptors (Lipinski definition) is 16. The van der Waals surface area contributed by atoms with Crippen molar-refractivity contribution in [3.63, 3.8) is 0 Å². The molecule has 5 aromatic rings. The highest BCUT2D eigenvalue weighted by Crippen LogP contribution is 2.48. The summed E-state index contributed by atoms with van der Waals surface area (Å²) in [4.78, 5) is 85.4. The molecule has 410 valence electrons. The van der Waals surface area contributed by atoms with Gasteiger partial charge in [-0.1, -0.05) is 74.4 Å². The molecule has 5 aliphatic rings. The van der Waals surface area contributed by atoms with Crippen molar-refractivity contribution >= 4 is 75.6 Å². The van der Waals surface area contributed by atoms with E-state index in [1.807, 2.05) is 13.8 Å². The zero-order valence-electron chi connectivity index (χ0n) is 42.0. The molecule has 10 rings (SSSR count). The molecule has 0 fully saturated rings. The molecule has 5 amide bonds. The van der Waals surface area contributed by atoms with E-state index in [-0.39, 0.29) is 82.8 Å². The van der Waals surface area contributed by atoms with Crippen LogP contribution in [0, 0.1) is 17.8 Å². The highest BCUT2D eigenvalue weighted by molar-refractivity contribution is 7.80. The maximum Gasteiger partial charge on any atom is 0.246 e. The van der Waals surface area contributed by atoms with E-state index in [9.17, 15) is 59.7 Å². The van der Waals surface area contributed by atoms with Crippen LogP contribution < -0.4 is 36.5 Å². The van der Waals surface area contributed by atoms with Crippen molar-refractivity contribution in [1.29, 1.82) is 0 Å². The van der Waals surface area contributed by atoms with E-state index < -0.39 is 138 Å². The lowest BCUT2D eigenvalue weighted by molar-refractivity contribution is -0.136. The third-order valence-electron chi connectivity index (χ3n) is 13.9. The van der Waals surface area contributed by atoms with E-state index in [2.05, 4.69) is 21.3 Å². The zero-order chi connectivity index (χ0) is 56.6. The molecule has 0 saturated heterocycles. The number of benzene rings is 5. The minimum atomic E-state index is -1.91. The third kappa shape index (κ3) is 12.0. The fourth-order valence-electron chi connectivity index (χ4n) is 9.92. The normalized spacial score (nSPS) is 23.0. The Morgan fingerprint density at radius 3 is 1.94 bits per heavy atom. The number of aliphatic hydroxyl groups is 3. The highest BCUT2D eigenvalue weighted by atomic mass is 35.5. The Morgan fingerprint density at radius 2 is 1.35 bits per heavy atom. The van der Waals surface area contributed by atoms with Crippen LogP contribution in [0.4, 0.5) is 0 Å². The van der Waals surface area contributed by atoms with E-state index in [4.69, 9.17) is 50.6 Å². The van der Waals surface area contributed by atoms with Gasteiger partial charge in [0.1, 0.15) is 53.0 Å². The summed E-state index contributed by atoms with van der Waals surface area (Å²) < 4.78 is 12.5. The van der Waals surface area contributed by atoms with Crippen molar-refractivity contribution in [2.45, 2.75) is 88.7 Å². The van der Waals surface area contributed by atoms with Gasteiger partial charge >= 0.3 is 0 Å². The molecule has 0 spiro atoms. The van der Waals surface area contributed by atoms with Crippen molar-refractivity contribution < 1.29 is 74.0 Å². The minimum absolute atomic E-state index is 0.0130. The molecule has 5 aliphatic heterocycles. The first-order valence-corrected chi connectivity index (χ1v) is 25.8. The average Bonchev–Trinajstić information content (AvgIpc) is 3.40. The lowest BCUT2D eigenvalue weighted by Gasteiger charge is -2.31. The van der Waals surface area contributed by atoms with Crippen molar-refractivity contribution in [2.24, 2.45) is 23.5 Å². The fourth-order valence-corrected chi connectivity index (χ4v) is 10.7. The lowest BCUT2D eigenvalue weighted by Crippen LogP contribution is -2.52. The van der Waals surface area contributed by atoms with Gasteiger partial charge in [-0.2, -0.15) is 0 Å². The molecule has 13 N–H and O–H groups in total. The number of ketones is 1. The number of Topliss-reactive ketones (excluding diaryl/α,β-unsaturated/α-hetero) is 1. The monoisotopic (exact) mass is 1130 g/mol. The molecule has 5 aromatic carbocycles.